The van der Waals surface area contributed by atoms with Gasteiger partial charge < -0.3 is 4.42 Å². The SMILES string of the molecule is [2H]c1c([2H])c([2H])c(-c2cccc3c2oc2cc(-c4nc(-c5ccccc5)nc(-c5cccc6sc7ccccc7c56)n4)ccc23)c([2H])c1[2H]. The van der Waals surface area contributed by atoms with Gasteiger partial charge in [-0.1, -0.05) is 115 Å². The summed E-state index contributed by atoms with van der Waals surface area (Å²) in [4.78, 5) is 15.0. The average Bonchev–Trinajstić information content (AvgIpc) is 3.72. The molecule has 0 saturated heterocycles. The van der Waals surface area contributed by atoms with Gasteiger partial charge in [-0.05, 0) is 29.8 Å². The fraction of sp³-hybridized carbons (Fsp3) is 0. The van der Waals surface area contributed by atoms with Crippen LogP contribution in [0.1, 0.15) is 6.85 Å². The van der Waals surface area contributed by atoms with Crippen LogP contribution in [0.15, 0.2) is 144 Å². The Bertz CT molecular complexity index is 2770. The molecule has 6 aromatic carbocycles. The van der Waals surface area contributed by atoms with E-state index in [1.54, 1.807) is 23.5 Å². The van der Waals surface area contributed by atoms with E-state index in [2.05, 4.69) is 24.3 Å². The molecule has 0 unspecified atom stereocenters. The Morgan fingerprint density at radius 1 is 0.523 bits per heavy atom. The standard InChI is InChI=1S/C39H23N3OS/c1-3-11-24(12-4-1)27-16-9-17-29-28-22-21-26(23-32(28)43-36(27)29)38-40-37(25-13-5-2-6-14-25)41-39(42-38)31-18-10-20-34-35(31)30-15-7-8-19-33(30)44-34/h1-23H/i1D,3D,4D,11D,12D. The lowest BCUT2D eigenvalue weighted by Crippen LogP contribution is -2.00. The van der Waals surface area contributed by atoms with Crippen LogP contribution >= 0.6 is 11.3 Å². The monoisotopic (exact) mass is 586 g/mol. The second-order valence-electron chi connectivity index (χ2n) is 10.4. The van der Waals surface area contributed by atoms with E-state index in [9.17, 15) is 0 Å². The van der Waals surface area contributed by atoms with Crippen molar-refractivity contribution in [1.82, 2.24) is 15.0 Å². The Hall–Kier alpha value is -5.65. The first-order valence-corrected chi connectivity index (χ1v) is 14.9. The number of para-hydroxylation sites is 1. The zero-order valence-electron chi connectivity index (χ0n) is 28.1. The van der Waals surface area contributed by atoms with Gasteiger partial charge in [0.05, 0.1) is 6.85 Å². The topological polar surface area (TPSA) is 51.8 Å². The van der Waals surface area contributed by atoms with Crippen molar-refractivity contribution in [3.63, 3.8) is 0 Å². The van der Waals surface area contributed by atoms with Gasteiger partial charge in [0.1, 0.15) is 11.2 Å². The number of hydrogen-bond donors (Lipinski definition) is 0. The molecule has 0 bridgehead atoms. The van der Waals surface area contributed by atoms with Crippen LogP contribution in [-0.4, -0.2) is 15.0 Å². The predicted molar refractivity (Wildman–Crippen MR) is 182 cm³/mol. The fourth-order valence-corrected chi connectivity index (χ4v) is 6.95. The molecule has 0 amide bonds. The molecule has 0 atom stereocenters. The Morgan fingerprint density at radius 2 is 1.23 bits per heavy atom. The molecule has 0 aliphatic carbocycles. The predicted octanol–water partition coefficient (Wildman–Crippen LogP) is 10.8. The summed E-state index contributed by atoms with van der Waals surface area (Å²) in [5, 5.41) is 3.84. The van der Waals surface area contributed by atoms with Crippen LogP contribution in [-0.2, 0) is 0 Å². The van der Waals surface area contributed by atoms with Gasteiger partial charge in [0, 0.05) is 53.2 Å². The minimum atomic E-state index is -0.435. The van der Waals surface area contributed by atoms with Crippen molar-refractivity contribution < 1.29 is 11.3 Å². The molecule has 0 spiro atoms. The molecule has 0 fully saturated rings. The first kappa shape index (κ1) is 20.3. The molecule has 3 heterocycles. The van der Waals surface area contributed by atoms with Gasteiger partial charge in [0.2, 0.25) is 0 Å². The van der Waals surface area contributed by atoms with Gasteiger partial charge in [0.25, 0.3) is 0 Å². The van der Waals surface area contributed by atoms with Crippen molar-refractivity contribution in [3.05, 3.63) is 139 Å². The molecule has 0 N–H and O–H groups in total. The number of thiophene rings is 1. The van der Waals surface area contributed by atoms with Crippen molar-refractivity contribution in [2.24, 2.45) is 0 Å². The zero-order valence-corrected chi connectivity index (χ0v) is 23.9. The molecule has 3 aromatic heterocycles. The van der Waals surface area contributed by atoms with E-state index in [0.29, 0.717) is 34.2 Å². The third-order valence-corrected chi connectivity index (χ3v) is 8.97. The molecule has 206 valence electrons. The minimum absolute atomic E-state index is 0.0978. The lowest BCUT2D eigenvalue weighted by Gasteiger charge is -2.09. The molecule has 4 nitrogen and oxygen atoms in total. The summed E-state index contributed by atoms with van der Waals surface area (Å²) in [7, 11) is 0. The Morgan fingerprint density at radius 3 is 2.11 bits per heavy atom. The molecule has 44 heavy (non-hydrogen) atoms. The number of rotatable bonds is 4. The Labute approximate surface area is 264 Å². The highest BCUT2D eigenvalue weighted by molar-refractivity contribution is 7.25. The van der Waals surface area contributed by atoms with E-state index in [1.807, 2.05) is 72.8 Å². The van der Waals surface area contributed by atoms with Crippen LogP contribution in [0.2, 0.25) is 0 Å². The van der Waals surface area contributed by atoms with Crippen LogP contribution < -0.4 is 0 Å². The normalized spacial score (nSPS) is 13.2. The summed E-state index contributed by atoms with van der Waals surface area (Å²) in [6, 6.07) is 33.8. The molecule has 0 aliphatic heterocycles. The van der Waals surface area contributed by atoms with Gasteiger partial charge in [0.15, 0.2) is 17.5 Å². The van der Waals surface area contributed by atoms with E-state index >= 15 is 0 Å². The highest BCUT2D eigenvalue weighted by Crippen LogP contribution is 2.40. The van der Waals surface area contributed by atoms with Gasteiger partial charge in [-0.3, -0.25) is 0 Å². The highest BCUT2D eigenvalue weighted by atomic mass is 32.1. The van der Waals surface area contributed by atoms with Crippen molar-refractivity contribution >= 4 is 53.4 Å². The second-order valence-corrected chi connectivity index (χ2v) is 11.5. The molecule has 0 saturated carbocycles. The number of nitrogens with zero attached hydrogens (tertiary/aromatic N) is 3. The van der Waals surface area contributed by atoms with Gasteiger partial charge in [-0.25, -0.2) is 15.0 Å². The average molecular weight is 587 g/mol. The van der Waals surface area contributed by atoms with Gasteiger partial charge >= 0.3 is 0 Å². The number of hydrogen-bond acceptors (Lipinski definition) is 5. The van der Waals surface area contributed by atoms with Crippen LogP contribution in [0, 0.1) is 0 Å². The van der Waals surface area contributed by atoms with Crippen LogP contribution in [0.5, 0.6) is 0 Å². The number of fused-ring (bicyclic) bond motifs is 6. The second kappa shape index (κ2) is 9.97. The highest BCUT2D eigenvalue weighted by Gasteiger charge is 2.18. The molecule has 5 heteroatoms. The van der Waals surface area contributed by atoms with Crippen molar-refractivity contribution in [2.75, 3.05) is 0 Å². The molecule has 0 radical (unpaired) electrons. The summed E-state index contributed by atoms with van der Waals surface area (Å²) in [6.45, 7) is 0. The maximum Gasteiger partial charge on any atom is 0.164 e. The number of aromatic nitrogens is 3. The molecular formula is C39H23N3OS. The summed E-state index contributed by atoms with van der Waals surface area (Å²) in [6.07, 6.45) is 0. The first-order valence-electron chi connectivity index (χ1n) is 16.6. The number of furan rings is 1. The van der Waals surface area contributed by atoms with Gasteiger partial charge in [-0.2, -0.15) is 0 Å². The third kappa shape index (κ3) is 4.02. The van der Waals surface area contributed by atoms with E-state index in [0.717, 1.165) is 42.9 Å². The van der Waals surface area contributed by atoms with E-state index in [1.165, 1.54) is 4.70 Å². The molecule has 9 rings (SSSR count). The van der Waals surface area contributed by atoms with E-state index in [4.69, 9.17) is 26.2 Å². The number of benzene rings is 6. The third-order valence-electron chi connectivity index (χ3n) is 7.84. The maximum absolute atomic E-state index is 8.56. The largest absolute Gasteiger partial charge is 0.455 e. The maximum atomic E-state index is 8.56. The molecule has 9 aromatic rings. The Kier molecular flexibility index (Phi) is 4.60. The summed E-state index contributed by atoms with van der Waals surface area (Å²) in [5.41, 5.74) is 4.02. The fourth-order valence-electron chi connectivity index (χ4n) is 5.82. The van der Waals surface area contributed by atoms with Crippen LogP contribution in [0.3, 0.4) is 0 Å². The lowest BCUT2D eigenvalue weighted by molar-refractivity contribution is 0.670. The summed E-state index contributed by atoms with van der Waals surface area (Å²) >= 11 is 1.74. The van der Waals surface area contributed by atoms with Crippen molar-refractivity contribution in [1.29, 1.82) is 0 Å². The van der Waals surface area contributed by atoms with E-state index < -0.39 is 18.1 Å². The molecular weight excluding hydrogens is 559 g/mol. The van der Waals surface area contributed by atoms with Crippen LogP contribution in [0.25, 0.3) is 87.4 Å². The van der Waals surface area contributed by atoms with E-state index in [-0.39, 0.29) is 17.6 Å². The van der Waals surface area contributed by atoms with Crippen molar-refractivity contribution in [3.8, 4) is 45.3 Å². The quantitative estimate of drug-likeness (QED) is 0.206. The van der Waals surface area contributed by atoms with Gasteiger partial charge in [-0.15, -0.1) is 11.3 Å². The molecule has 0 aliphatic rings. The zero-order chi connectivity index (χ0) is 33.4. The lowest BCUT2D eigenvalue weighted by atomic mass is 10.0. The minimum Gasteiger partial charge on any atom is -0.455 e. The Balaban J connectivity index is 1.26. The van der Waals surface area contributed by atoms with Crippen molar-refractivity contribution in [2.45, 2.75) is 0 Å². The van der Waals surface area contributed by atoms with Crippen LogP contribution in [0.4, 0.5) is 0 Å². The first-order chi connectivity index (χ1) is 23.9. The smallest absolute Gasteiger partial charge is 0.164 e. The summed E-state index contributed by atoms with van der Waals surface area (Å²) in [5.74, 6) is 1.59. The summed E-state index contributed by atoms with van der Waals surface area (Å²) < 4.78 is 50.3.